The fraction of sp³-hybridized carbons (Fsp3) is 0.333. The molecule has 18 heavy (non-hydrogen) atoms. The van der Waals surface area contributed by atoms with Crippen LogP contribution in [0.25, 0.3) is 11.4 Å². The van der Waals surface area contributed by atoms with Crippen LogP contribution >= 0.6 is 0 Å². The van der Waals surface area contributed by atoms with Crippen LogP contribution in [-0.2, 0) is 0 Å². The number of hydrogen-bond acceptors (Lipinski definition) is 6. The molecule has 3 rings (SSSR count). The van der Waals surface area contributed by atoms with Crippen molar-refractivity contribution in [1.82, 2.24) is 15.5 Å². The van der Waals surface area contributed by atoms with Crippen LogP contribution in [0.2, 0.25) is 0 Å². The molecule has 0 aliphatic carbocycles. The predicted octanol–water partition coefficient (Wildman–Crippen LogP) is 0.837. The van der Waals surface area contributed by atoms with Gasteiger partial charge in [0.25, 0.3) is 0 Å². The van der Waals surface area contributed by atoms with Gasteiger partial charge in [-0.3, -0.25) is 0 Å². The van der Waals surface area contributed by atoms with Crippen LogP contribution in [0.3, 0.4) is 0 Å². The number of aromatic hydroxyl groups is 1. The molecule has 6 nitrogen and oxygen atoms in total. The fourth-order valence-electron chi connectivity index (χ4n) is 2.01. The number of nitrogens with zero attached hydrogens (tertiary/aromatic N) is 2. The van der Waals surface area contributed by atoms with E-state index >= 15 is 0 Å². The zero-order valence-corrected chi connectivity index (χ0v) is 9.58. The summed E-state index contributed by atoms with van der Waals surface area (Å²) in [6.07, 6.45) is 0.219. The standard InChI is InChI=1S/C12H13N3O3/c16-8-3-1-7(2-4-8)11-14-12(18-15-11)10-5-9(17)6-13-10/h1-4,9-10,13,16-17H,5-6H2/t9-,10-/m1/s1. The van der Waals surface area contributed by atoms with Crippen LogP contribution in [0.1, 0.15) is 18.4 Å². The molecule has 1 aromatic heterocycles. The number of phenols is 1. The Morgan fingerprint density at radius 3 is 2.72 bits per heavy atom. The lowest BCUT2D eigenvalue weighted by atomic mass is 10.2. The number of benzene rings is 1. The molecule has 0 radical (unpaired) electrons. The van der Waals surface area contributed by atoms with Crippen molar-refractivity contribution in [3.8, 4) is 17.1 Å². The zero-order valence-electron chi connectivity index (χ0n) is 9.58. The van der Waals surface area contributed by atoms with Crippen LogP contribution in [-0.4, -0.2) is 33.0 Å². The molecule has 6 heteroatoms. The minimum atomic E-state index is -0.362. The van der Waals surface area contributed by atoms with Gasteiger partial charge in [0.1, 0.15) is 5.75 Å². The lowest BCUT2D eigenvalue weighted by Gasteiger charge is -2.01. The zero-order chi connectivity index (χ0) is 12.5. The number of rotatable bonds is 2. The van der Waals surface area contributed by atoms with Gasteiger partial charge in [0.2, 0.25) is 11.7 Å². The second-order valence-corrected chi connectivity index (χ2v) is 4.35. The van der Waals surface area contributed by atoms with Gasteiger partial charge in [-0.2, -0.15) is 4.98 Å². The van der Waals surface area contributed by atoms with E-state index in [4.69, 9.17) is 4.52 Å². The van der Waals surface area contributed by atoms with E-state index in [-0.39, 0.29) is 17.9 Å². The first kappa shape index (κ1) is 11.2. The van der Waals surface area contributed by atoms with E-state index in [1.807, 2.05) is 0 Å². The number of phenolic OH excluding ortho intramolecular Hbond substituents is 1. The van der Waals surface area contributed by atoms with Crippen LogP contribution in [0.4, 0.5) is 0 Å². The molecule has 1 fully saturated rings. The van der Waals surface area contributed by atoms with Crippen LogP contribution in [0.15, 0.2) is 28.8 Å². The van der Waals surface area contributed by atoms with E-state index < -0.39 is 0 Å². The van der Waals surface area contributed by atoms with E-state index in [0.717, 1.165) is 5.56 Å². The Labute approximate surface area is 103 Å². The largest absolute Gasteiger partial charge is 0.508 e. The van der Waals surface area contributed by atoms with Gasteiger partial charge in [0.05, 0.1) is 12.1 Å². The van der Waals surface area contributed by atoms with Crippen molar-refractivity contribution in [3.63, 3.8) is 0 Å². The molecular formula is C12H13N3O3. The van der Waals surface area contributed by atoms with E-state index in [1.165, 1.54) is 0 Å². The number of aliphatic hydroxyl groups excluding tert-OH is 1. The minimum Gasteiger partial charge on any atom is -0.508 e. The molecule has 2 heterocycles. The monoisotopic (exact) mass is 247 g/mol. The molecule has 0 bridgehead atoms. The minimum absolute atomic E-state index is 0.0848. The molecule has 2 aromatic rings. The number of nitrogens with one attached hydrogen (secondary N) is 1. The van der Waals surface area contributed by atoms with Crippen molar-refractivity contribution in [3.05, 3.63) is 30.2 Å². The Hall–Kier alpha value is -1.92. The van der Waals surface area contributed by atoms with E-state index in [1.54, 1.807) is 24.3 Å². The number of β-amino-alcohol motifs (C(OH)–C–C–N with tert-alkyl or cyclic N) is 1. The quantitative estimate of drug-likeness (QED) is 0.728. The topological polar surface area (TPSA) is 91.4 Å². The first-order valence-corrected chi connectivity index (χ1v) is 5.77. The third-order valence-corrected chi connectivity index (χ3v) is 2.97. The molecule has 1 aromatic carbocycles. The van der Waals surface area contributed by atoms with Crippen molar-refractivity contribution < 1.29 is 14.7 Å². The average molecular weight is 247 g/mol. The van der Waals surface area contributed by atoms with Crippen molar-refractivity contribution >= 4 is 0 Å². The van der Waals surface area contributed by atoms with Gasteiger partial charge in [-0.1, -0.05) is 5.16 Å². The molecule has 3 N–H and O–H groups in total. The van der Waals surface area contributed by atoms with Gasteiger partial charge < -0.3 is 20.1 Å². The number of hydrogen-bond donors (Lipinski definition) is 3. The molecule has 1 saturated heterocycles. The lowest BCUT2D eigenvalue weighted by molar-refractivity contribution is 0.191. The molecule has 0 amide bonds. The lowest BCUT2D eigenvalue weighted by Crippen LogP contribution is -2.15. The summed E-state index contributed by atoms with van der Waals surface area (Å²) in [6.45, 7) is 0.543. The summed E-state index contributed by atoms with van der Waals surface area (Å²) in [5.41, 5.74) is 0.779. The summed E-state index contributed by atoms with van der Waals surface area (Å²) in [5.74, 6) is 1.16. The highest BCUT2D eigenvalue weighted by Gasteiger charge is 2.28. The average Bonchev–Trinajstić information content (AvgIpc) is 2.98. The molecule has 2 atom stereocenters. The van der Waals surface area contributed by atoms with E-state index in [0.29, 0.717) is 24.7 Å². The SMILES string of the molecule is Oc1ccc(-c2noc([C@H]3C[C@@H](O)CN3)n2)cc1. The van der Waals surface area contributed by atoms with Crippen molar-refractivity contribution in [2.75, 3.05) is 6.54 Å². The van der Waals surface area contributed by atoms with E-state index in [2.05, 4.69) is 15.5 Å². The normalized spacial score (nSPS) is 23.4. The molecule has 0 spiro atoms. The van der Waals surface area contributed by atoms with Crippen molar-refractivity contribution in [2.24, 2.45) is 0 Å². The Kier molecular flexibility index (Phi) is 2.73. The molecule has 0 unspecified atom stereocenters. The van der Waals surface area contributed by atoms with Crippen LogP contribution in [0.5, 0.6) is 5.75 Å². The second-order valence-electron chi connectivity index (χ2n) is 4.35. The first-order valence-electron chi connectivity index (χ1n) is 5.77. The van der Waals surface area contributed by atoms with Crippen molar-refractivity contribution in [1.29, 1.82) is 0 Å². The maximum Gasteiger partial charge on any atom is 0.244 e. The van der Waals surface area contributed by atoms with Crippen LogP contribution < -0.4 is 5.32 Å². The highest BCUT2D eigenvalue weighted by atomic mass is 16.5. The Bertz CT molecular complexity index is 538. The second kappa shape index (κ2) is 4.40. The summed E-state index contributed by atoms with van der Waals surface area (Å²) < 4.78 is 5.18. The summed E-state index contributed by atoms with van der Waals surface area (Å²) in [7, 11) is 0. The highest BCUT2D eigenvalue weighted by molar-refractivity contribution is 5.55. The van der Waals surface area contributed by atoms with E-state index in [9.17, 15) is 10.2 Å². The molecule has 94 valence electrons. The van der Waals surface area contributed by atoms with Gasteiger partial charge >= 0.3 is 0 Å². The smallest absolute Gasteiger partial charge is 0.244 e. The Morgan fingerprint density at radius 2 is 2.06 bits per heavy atom. The van der Waals surface area contributed by atoms with Crippen LogP contribution in [0, 0.1) is 0 Å². The third-order valence-electron chi connectivity index (χ3n) is 2.97. The summed E-state index contributed by atoms with van der Waals surface area (Å²) in [4.78, 5) is 4.29. The fourth-order valence-corrected chi connectivity index (χ4v) is 2.01. The summed E-state index contributed by atoms with van der Waals surface area (Å²) in [6, 6.07) is 6.51. The molecule has 1 aliphatic heterocycles. The van der Waals surface area contributed by atoms with Gasteiger partial charge in [-0.05, 0) is 30.7 Å². The maximum absolute atomic E-state index is 9.44. The van der Waals surface area contributed by atoms with Gasteiger partial charge in [0, 0.05) is 12.1 Å². The molecule has 1 aliphatic rings. The summed E-state index contributed by atoms with van der Waals surface area (Å²) >= 11 is 0. The number of aromatic nitrogens is 2. The first-order chi connectivity index (χ1) is 8.72. The molecule has 0 saturated carbocycles. The van der Waals surface area contributed by atoms with Gasteiger partial charge in [0.15, 0.2) is 0 Å². The Morgan fingerprint density at radius 1 is 1.28 bits per heavy atom. The maximum atomic E-state index is 9.44. The third kappa shape index (κ3) is 2.07. The molecular weight excluding hydrogens is 234 g/mol. The predicted molar refractivity (Wildman–Crippen MR) is 62.8 cm³/mol. The van der Waals surface area contributed by atoms with Gasteiger partial charge in [-0.25, -0.2) is 0 Å². The summed E-state index contributed by atoms with van der Waals surface area (Å²) in [5, 5.41) is 25.7. The van der Waals surface area contributed by atoms with Gasteiger partial charge in [-0.15, -0.1) is 0 Å². The van der Waals surface area contributed by atoms with Crippen molar-refractivity contribution in [2.45, 2.75) is 18.6 Å². The number of aliphatic hydroxyl groups is 1. The highest BCUT2D eigenvalue weighted by Crippen LogP contribution is 2.25. The Balaban J connectivity index is 1.83.